The molecule has 2 rings (SSSR count). The van der Waals surface area contributed by atoms with Crippen LogP contribution < -0.4 is 15.2 Å². The lowest BCUT2D eigenvalue weighted by atomic mass is 10.2. The van der Waals surface area contributed by atoms with E-state index in [2.05, 4.69) is 14.4 Å². The molecule has 0 aliphatic rings. The molecule has 1 unspecified atom stereocenters. The highest BCUT2D eigenvalue weighted by molar-refractivity contribution is 7.86. The van der Waals surface area contributed by atoms with E-state index >= 15 is 0 Å². The molecule has 0 fully saturated rings. The van der Waals surface area contributed by atoms with Crippen molar-refractivity contribution in [1.29, 1.82) is 0 Å². The molecule has 1 aromatic carbocycles. The maximum Gasteiger partial charge on any atom is 0.573 e. The topological polar surface area (TPSA) is 94.3 Å². The molecule has 0 aliphatic heterocycles. The fraction of sp³-hybridized carbons (Fsp3) is 0.0769. The fourth-order valence-corrected chi connectivity index (χ4v) is 2.58. The van der Waals surface area contributed by atoms with Gasteiger partial charge in [0.25, 0.3) is 0 Å². The Bertz CT molecular complexity index is 798. The van der Waals surface area contributed by atoms with E-state index in [9.17, 15) is 26.6 Å². The highest BCUT2D eigenvalue weighted by Crippen LogP contribution is 2.29. The van der Waals surface area contributed by atoms with Crippen LogP contribution in [0.15, 0.2) is 41.6 Å². The van der Waals surface area contributed by atoms with Gasteiger partial charge < -0.3 is 10.5 Å². The van der Waals surface area contributed by atoms with E-state index in [0.29, 0.717) is 12.1 Å². The second kappa shape index (κ2) is 6.83. The number of aromatic nitrogens is 1. The Balaban J connectivity index is 2.31. The molecule has 11 heteroatoms. The van der Waals surface area contributed by atoms with Gasteiger partial charge in [-0.3, -0.25) is 14.5 Å². The Morgan fingerprint density at radius 1 is 1.25 bits per heavy atom. The Labute approximate surface area is 135 Å². The Kier molecular flexibility index (Phi) is 5.02. The zero-order chi connectivity index (χ0) is 17.9. The lowest BCUT2D eigenvalue weighted by Gasteiger charge is -2.13. The second-order valence-corrected chi connectivity index (χ2v) is 5.52. The number of hydrogen-bond donors (Lipinski definition) is 2. The third-order valence-corrected chi connectivity index (χ3v) is 3.70. The maximum atomic E-state index is 13.3. The monoisotopic (exact) mass is 363 g/mol. The average molecular weight is 363 g/mol. The summed E-state index contributed by atoms with van der Waals surface area (Å²) in [5.41, 5.74) is 5.08. The van der Waals surface area contributed by atoms with Crippen LogP contribution in [0.5, 0.6) is 5.75 Å². The first-order chi connectivity index (χ1) is 11.2. The lowest BCUT2D eigenvalue weighted by Crippen LogP contribution is -2.19. The number of carbonyl (C=O) groups excluding carboxylic acids is 1. The van der Waals surface area contributed by atoms with Crippen LogP contribution in [0.2, 0.25) is 0 Å². The summed E-state index contributed by atoms with van der Waals surface area (Å²) in [5.74, 6) is -2.53. The predicted molar refractivity (Wildman–Crippen MR) is 75.9 cm³/mol. The molecule has 1 aromatic heterocycles. The Morgan fingerprint density at radius 3 is 2.58 bits per heavy atom. The molecule has 24 heavy (non-hydrogen) atoms. The number of halogens is 4. The number of amides is 1. The van der Waals surface area contributed by atoms with Crippen molar-refractivity contribution < 1.29 is 31.3 Å². The number of nitrogens with two attached hydrogens (primary N) is 1. The molecule has 0 saturated carbocycles. The summed E-state index contributed by atoms with van der Waals surface area (Å²) in [5, 5.41) is 0. The van der Waals surface area contributed by atoms with Crippen LogP contribution in [0.4, 0.5) is 23.2 Å². The summed E-state index contributed by atoms with van der Waals surface area (Å²) in [6.45, 7) is 0. The van der Waals surface area contributed by atoms with Gasteiger partial charge in [-0.1, -0.05) is 0 Å². The molecule has 0 saturated heterocycles. The number of anilines is 1. The number of primary amides is 1. The maximum absolute atomic E-state index is 13.3. The minimum Gasteiger partial charge on any atom is -0.404 e. The average Bonchev–Trinajstić information content (AvgIpc) is 2.48. The molecule has 1 heterocycles. The minimum absolute atomic E-state index is 0.0111. The number of nitrogens with zero attached hydrogens (tertiary/aromatic N) is 1. The molecular formula is C13H9F4N3O3S. The molecular weight excluding hydrogens is 354 g/mol. The van der Waals surface area contributed by atoms with Crippen molar-refractivity contribution in [3.8, 4) is 5.75 Å². The van der Waals surface area contributed by atoms with Crippen molar-refractivity contribution in [2.75, 3.05) is 4.72 Å². The third-order valence-electron chi connectivity index (χ3n) is 2.56. The van der Waals surface area contributed by atoms with E-state index in [1.807, 2.05) is 0 Å². The van der Waals surface area contributed by atoms with Gasteiger partial charge in [-0.25, -0.2) is 8.60 Å². The van der Waals surface area contributed by atoms with Gasteiger partial charge >= 0.3 is 6.36 Å². The highest BCUT2D eigenvalue weighted by Gasteiger charge is 2.33. The first-order valence-electron chi connectivity index (χ1n) is 6.14. The number of nitrogens with one attached hydrogen (secondary N) is 1. The number of carbonyl (C=O) groups is 1. The molecule has 0 aliphatic carbocycles. The highest BCUT2D eigenvalue weighted by atomic mass is 32.2. The van der Waals surface area contributed by atoms with Crippen LogP contribution in [0, 0.1) is 5.82 Å². The molecule has 2 aromatic rings. The zero-order valence-electron chi connectivity index (χ0n) is 11.6. The van der Waals surface area contributed by atoms with Crippen LogP contribution >= 0.6 is 0 Å². The van der Waals surface area contributed by atoms with Crippen LogP contribution in [0.25, 0.3) is 0 Å². The molecule has 128 valence electrons. The van der Waals surface area contributed by atoms with Gasteiger partial charge in [-0.15, -0.1) is 13.2 Å². The minimum atomic E-state index is -5.04. The number of alkyl halides is 3. The van der Waals surface area contributed by atoms with Crippen LogP contribution in [0.3, 0.4) is 0 Å². The van der Waals surface area contributed by atoms with Crippen LogP contribution in [0.1, 0.15) is 10.4 Å². The van der Waals surface area contributed by atoms with E-state index in [1.54, 1.807) is 0 Å². The zero-order valence-corrected chi connectivity index (χ0v) is 12.5. The van der Waals surface area contributed by atoms with Gasteiger partial charge in [0, 0.05) is 6.20 Å². The van der Waals surface area contributed by atoms with Gasteiger partial charge in [0.05, 0.1) is 17.4 Å². The van der Waals surface area contributed by atoms with Crippen molar-refractivity contribution in [2.24, 2.45) is 5.73 Å². The number of hydrogen-bond acceptors (Lipinski definition) is 4. The Hall–Kier alpha value is -2.69. The van der Waals surface area contributed by atoms with Crippen LogP contribution in [-0.2, 0) is 11.0 Å². The summed E-state index contributed by atoms with van der Waals surface area (Å²) in [6.07, 6.45) is -2.73. The van der Waals surface area contributed by atoms with Gasteiger partial charge in [-0.05, 0) is 24.3 Å². The van der Waals surface area contributed by atoms with E-state index in [4.69, 9.17) is 5.73 Å². The van der Waals surface area contributed by atoms with Gasteiger partial charge in [0.15, 0.2) is 11.0 Å². The summed E-state index contributed by atoms with van der Waals surface area (Å²) in [7, 11) is -2.32. The van der Waals surface area contributed by atoms with E-state index in [-0.39, 0.29) is 11.3 Å². The summed E-state index contributed by atoms with van der Waals surface area (Å²) in [4.78, 5) is 14.1. The van der Waals surface area contributed by atoms with Crippen LogP contribution in [-0.4, -0.2) is 21.5 Å². The number of benzene rings is 1. The first kappa shape index (κ1) is 17.7. The number of pyridine rings is 1. The number of ether oxygens (including phenoxy) is 1. The molecule has 3 N–H and O–H groups in total. The Morgan fingerprint density at radius 2 is 1.96 bits per heavy atom. The van der Waals surface area contributed by atoms with Crippen molar-refractivity contribution in [2.45, 2.75) is 11.3 Å². The molecule has 0 spiro atoms. The van der Waals surface area contributed by atoms with E-state index in [1.165, 1.54) is 6.07 Å². The van der Waals surface area contributed by atoms with Gasteiger partial charge in [0.1, 0.15) is 16.5 Å². The van der Waals surface area contributed by atoms with Crippen molar-refractivity contribution >= 4 is 22.6 Å². The van der Waals surface area contributed by atoms with E-state index < -0.39 is 39.7 Å². The van der Waals surface area contributed by atoms with Crippen molar-refractivity contribution in [3.05, 3.63) is 48.0 Å². The molecule has 0 radical (unpaired) electrons. The predicted octanol–water partition coefficient (Wildman–Crippen LogP) is 2.35. The molecule has 1 amide bonds. The molecule has 1 atom stereocenters. The molecule has 0 bridgehead atoms. The van der Waals surface area contributed by atoms with Crippen molar-refractivity contribution in [1.82, 2.24) is 4.98 Å². The molecule has 6 nitrogen and oxygen atoms in total. The SMILES string of the molecule is NC(=O)c1cncc(NS(=O)c2cc(F)ccc2OC(F)(F)F)c1. The lowest BCUT2D eigenvalue weighted by molar-refractivity contribution is -0.275. The number of rotatable bonds is 5. The first-order valence-corrected chi connectivity index (χ1v) is 7.29. The smallest absolute Gasteiger partial charge is 0.404 e. The van der Waals surface area contributed by atoms with Gasteiger partial charge in [0.2, 0.25) is 5.91 Å². The third kappa shape index (κ3) is 4.65. The summed E-state index contributed by atoms with van der Waals surface area (Å²) in [6, 6.07) is 3.26. The summed E-state index contributed by atoms with van der Waals surface area (Å²) >= 11 is 0. The van der Waals surface area contributed by atoms with Gasteiger partial charge in [-0.2, -0.15) is 0 Å². The largest absolute Gasteiger partial charge is 0.573 e. The van der Waals surface area contributed by atoms with Crippen molar-refractivity contribution in [3.63, 3.8) is 0 Å². The van der Waals surface area contributed by atoms with E-state index in [0.717, 1.165) is 18.5 Å². The summed E-state index contributed by atoms with van der Waals surface area (Å²) < 4.78 is 68.6. The quantitative estimate of drug-likeness (QED) is 0.798. The standard InChI is InChI=1S/C13H9F4N3O3S/c14-8-1-2-10(23-13(15,16)17)11(4-8)24(22)20-9-3-7(12(18)21)5-19-6-9/h1-6,20H,(H2,18,21). The second-order valence-electron chi connectivity index (χ2n) is 4.34. The normalized spacial score (nSPS) is 12.5. The fourth-order valence-electron chi connectivity index (χ4n) is 1.63.